The minimum atomic E-state index is -0.892. The van der Waals surface area contributed by atoms with Gasteiger partial charge in [-0.1, -0.05) is 69.7 Å². The molecule has 0 aliphatic heterocycles. The van der Waals surface area contributed by atoms with E-state index in [1.807, 2.05) is 0 Å². The highest BCUT2D eigenvalue weighted by molar-refractivity contribution is 5.64. The lowest BCUT2D eigenvalue weighted by atomic mass is 9.77. The lowest BCUT2D eigenvalue weighted by Gasteiger charge is -2.29. The van der Waals surface area contributed by atoms with E-state index in [1.165, 1.54) is 75.8 Å². The lowest BCUT2D eigenvalue weighted by Crippen LogP contribution is -2.13. The van der Waals surface area contributed by atoms with Gasteiger partial charge in [-0.2, -0.15) is 0 Å². The van der Waals surface area contributed by atoms with Crippen LogP contribution in [-0.4, -0.2) is 9.97 Å². The van der Waals surface area contributed by atoms with Crippen molar-refractivity contribution in [2.45, 2.75) is 77.0 Å². The van der Waals surface area contributed by atoms with Crippen LogP contribution in [0.5, 0.6) is 0 Å². The van der Waals surface area contributed by atoms with Crippen LogP contribution in [0.3, 0.4) is 0 Å². The topological polar surface area (TPSA) is 25.8 Å². The molecular formula is C29H34F2N2. The highest BCUT2D eigenvalue weighted by Crippen LogP contribution is 2.38. The molecule has 0 saturated heterocycles. The number of hydrogen-bond acceptors (Lipinski definition) is 2. The average Bonchev–Trinajstić information content (AvgIpc) is 2.86. The third kappa shape index (κ3) is 6.25. The van der Waals surface area contributed by atoms with Gasteiger partial charge in [-0.3, -0.25) is 0 Å². The van der Waals surface area contributed by atoms with E-state index < -0.39 is 11.6 Å². The zero-order valence-corrected chi connectivity index (χ0v) is 19.6. The van der Waals surface area contributed by atoms with Gasteiger partial charge in [0.05, 0.1) is 0 Å². The smallest absolute Gasteiger partial charge is 0.159 e. The summed E-state index contributed by atoms with van der Waals surface area (Å²) in [5, 5.41) is 0. The van der Waals surface area contributed by atoms with Gasteiger partial charge in [-0.25, -0.2) is 18.7 Å². The number of benzene rings is 2. The quantitative estimate of drug-likeness (QED) is 0.306. The summed E-state index contributed by atoms with van der Waals surface area (Å²) in [5.41, 5.74) is 3.88. The maximum atomic E-state index is 13.5. The predicted molar refractivity (Wildman–Crippen MR) is 131 cm³/mol. The van der Waals surface area contributed by atoms with Crippen LogP contribution in [0.4, 0.5) is 8.78 Å². The van der Waals surface area contributed by atoms with Crippen LogP contribution >= 0.6 is 0 Å². The van der Waals surface area contributed by atoms with Crippen molar-refractivity contribution in [2.75, 3.05) is 0 Å². The van der Waals surface area contributed by atoms with Gasteiger partial charge in [-0.05, 0) is 66.8 Å². The summed E-state index contributed by atoms with van der Waals surface area (Å²) >= 11 is 0. The second-order valence-electron chi connectivity index (χ2n) is 9.47. The van der Waals surface area contributed by atoms with Crippen molar-refractivity contribution >= 4 is 0 Å². The minimum absolute atomic E-state index is 0.386. The van der Waals surface area contributed by atoms with Gasteiger partial charge in [0, 0.05) is 23.5 Å². The van der Waals surface area contributed by atoms with E-state index in [1.54, 1.807) is 12.4 Å². The summed E-state index contributed by atoms with van der Waals surface area (Å²) in [6, 6.07) is 12.5. The van der Waals surface area contributed by atoms with Crippen molar-refractivity contribution in [3.05, 3.63) is 72.1 Å². The molecule has 4 heteroatoms. The molecule has 4 rings (SSSR count). The Morgan fingerprint density at radius 1 is 0.727 bits per heavy atom. The van der Waals surface area contributed by atoms with Gasteiger partial charge < -0.3 is 0 Å². The zero-order chi connectivity index (χ0) is 23.0. The van der Waals surface area contributed by atoms with Crippen LogP contribution in [0.1, 0.15) is 82.6 Å². The van der Waals surface area contributed by atoms with Crippen LogP contribution in [0.2, 0.25) is 0 Å². The molecule has 1 saturated carbocycles. The van der Waals surface area contributed by atoms with E-state index in [2.05, 4.69) is 41.2 Å². The number of nitrogens with zero attached hydrogens (tertiary/aromatic N) is 2. The number of hydrogen-bond donors (Lipinski definition) is 0. The Kier molecular flexibility index (Phi) is 8.20. The van der Waals surface area contributed by atoms with Gasteiger partial charge in [0.25, 0.3) is 0 Å². The largest absolute Gasteiger partial charge is 0.236 e. The molecule has 0 spiro atoms. The molecular weight excluding hydrogens is 414 g/mol. The first kappa shape index (κ1) is 23.5. The molecule has 1 aromatic heterocycles. The number of aromatic nitrogens is 2. The third-order valence-electron chi connectivity index (χ3n) is 7.11. The fraction of sp³-hybridized carbons (Fsp3) is 0.448. The van der Waals surface area contributed by atoms with Gasteiger partial charge >= 0.3 is 0 Å². The number of unbranched alkanes of at least 4 members (excludes halogenated alkanes) is 4. The van der Waals surface area contributed by atoms with Crippen LogP contribution < -0.4 is 0 Å². The van der Waals surface area contributed by atoms with Crippen molar-refractivity contribution in [3.63, 3.8) is 0 Å². The van der Waals surface area contributed by atoms with Gasteiger partial charge in [0.1, 0.15) is 0 Å². The Balaban J connectivity index is 1.31. The highest BCUT2D eigenvalue weighted by atomic mass is 19.2. The Morgan fingerprint density at radius 2 is 1.39 bits per heavy atom. The fourth-order valence-corrected chi connectivity index (χ4v) is 5.03. The maximum Gasteiger partial charge on any atom is 0.159 e. The summed E-state index contributed by atoms with van der Waals surface area (Å²) in [6.07, 6.45) is 17.1. The van der Waals surface area contributed by atoms with Crippen molar-refractivity contribution in [2.24, 2.45) is 5.92 Å². The maximum absolute atomic E-state index is 13.5. The van der Waals surface area contributed by atoms with Crippen LogP contribution in [0, 0.1) is 17.6 Å². The second-order valence-corrected chi connectivity index (χ2v) is 9.47. The Labute approximate surface area is 196 Å². The molecule has 1 fully saturated rings. The normalized spacial score (nSPS) is 18.4. The standard InChI is InChI=1S/C29H34F2N2/c1-2-3-4-5-6-7-21-8-10-22(11-9-21)23-12-14-24(15-13-23)26-19-32-29(33-20-26)25-16-17-27(30)28(31)18-25/h12-22H,2-11H2,1H3/t21-,22-. The summed E-state index contributed by atoms with van der Waals surface area (Å²) in [6.45, 7) is 2.27. The average molecular weight is 449 g/mol. The Hall–Kier alpha value is -2.62. The van der Waals surface area contributed by atoms with Crippen molar-refractivity contribution < 1.29 is 8.78 Å². The summed E-state index contributed by atoms with van der Waals surface area (Å²) in [4.78, 5) is 8.71. The van der Waals surface area contributed by atoms with Gasteiger partial charge in [0.15, 0.2) is 17.5 Å². The van der Waals surface area contributed by atoms with Crippen LogP contribution in [-0.2, 0) is 0 Å². The number of rotatable bonds is 9. The summed E-state index contributed by atoms with van der Waals surface area (Å²) in [5.74, 6) is 0.217. The van der Waals surface area contributed by atoms with Crippen molar-refractivity contribution in [1.29, 1.82) is 0 Å². The molecule has 3 aromatic rings. The van der Waals surface area contributed by atoms with Crippen LogP contribution in [0.25, 0.3) is 22.5 Å². The fourth-order valence-electron chi connectivity index (χ4n) is 5.03. The molecule has 0 bridgehead atoms. The monoisotopic (exact) mass is 448 g/mol. The molecule has 0 N–H and O–H groups in total. The first-order chi connectivity index (χ1) is 16.1. The van der Waals surface area contributed by atoms with Gasteiger partial charge in [0.2, 0.25) is 0 Å². The number of halogens is 2. The van der Waals surface area contributed by atoms with Crippen molar-refractivity contribution in [1.82, 2.24) is 9.97 Å². The SMILES string of the molecule is CCCCCCC[C@H]1CC[C@H](c2ccc(-c3cnc(-c4ccc(F)c(F)c4)nc3)cc2)CC1. The van der Waals surface area contributed by atoms with E-state index >= 15 is 0 Å². The second kappa shape index (κ2) is 11.5. The molecule has 1 aliphatic carbocycles. The molecule has 1 aliphatic rings. The molecule has 2 nitrogen and oxygen atoms in total. The summed E-state index contributed by atoms with van der Waals surface area (Å²) in [7, 11) is 0. The highest BCUT2D eigenvalue weighted by Gasteiger charge is 2.22. The minimum Gasteiger partial charge on any atom is -0.236 e. The van der Waals surface area contributed by atoms with Crippen molar-refractivity contribution in [3.8, 4) is 22.5 Å². The lowest BCUT2D eigenvalue weighted by molar-refractivity contribution is 0.302. The predicted octanol–water partition coefficient (Wildman–Crippen LogP) is 8.72. The molecule has 0 radical (unpaired) electrons. The first-order valence-electron chi connectivity index (χ1n) is 12.5. The summed E-state index contributed by atoms with van der Waals surface area (Å²) < 4.78 is 26.6. The van der Waals surface area contributed by atoms with E-state index in [0.717, 1.165) is 29.2 Å². The molecule has 1 heterocycles. The first-order valence-corrected chi connectivity index (χ1v) is 12.5. The van der Waals surface area contributed by atoms with E-state index in [4.69, 9.17) is 0 Å². The Morgan fingerprint density at radius 3 is 2.06 bits per heavy atom. The molecule has 0 unspecified atom stereocenters. The van der Waals surface area contributed by atoms with Gasteiger partial charge in [-0.15, -0.1) is 0 Å². The molecule has 0 amide bonds. The molecule has 2 aromatic carbocycles. The van der Waals surface area contributed by atoms with E-state index in [0.29, 0.717) is 17.3 Å². The molecule has 0 atom stereocenters. The molecule has 174 valence electrons. The van der Waals surface area contributed by atoms with Crippen LogP contribution in [0.15, 0.2) is 54.9 Å². The van der Waals surface area contributed by atoms with E-state index in [-0.39, 0.29) is 0 Å². The zero-order valence-electron chi connectivity index (χ0n) is 19.6. The van der Waals surface area contributed by atoms with E-state index in [9.17, 15) is 8.78 Å². The Bertz CT molecular complexity index is 1010. The third-order valence-corrected chi connectivity index (χ3v) is 7.11. The molecule has 33 heavy (non-hydrogen) atoms.